The van der Waals surface area contributed by atoms with Crippen molar-refractivity contribution >= 4 is 22.8 Å². The highest BCUT2D eigenvalue weighted by Crippen LogP contribution is 2.31. The zero-order valence-corrected chi connectivity index (χ0v) is 14.5. The Morgan fingerprint density at radius 1 is 1.30 bits per heavy atom. The molecule has 0 aromatic rings. The number of hydrogen-bond donors (Lipinski definition) is 2. The lowest BCUT2D eigenvalue weighted by Crippen LogP contribution is -2.41. The minimum absolute atomic E-state index is 0.0832. The Morgan fingerprint density at radius 3 is 2.50 bits per heavy atom. The van der Waals surface area contributed by atoms with Gasteiger partial charge in [-0.2, -0.15) is 0 Å². The van der Waals surface area contributed by atoms with Crippen LogP contribution < -0.4 is 10.6 Å². The molecule has 0 aromatic heterocycles. The summed E-state index contributed by atoms with van der Waals surface area (Å²) < 4.78 is 0. The molecular weight excluding hydrogens is 270 g/mol. The van der Waals surface area contributed by atoms with Crippen LogP contribution in [0.25, 0.3) is 0 Å². The van der Waals surface area contributed by atoms with Crippen LogP contribution in [0.3, 0.4) is 0 Å². The summed E-state index contributed by atoms with van der Waals surface area (Å²) in [7, 11) is 0. The van der Waals surface area contributed by atoms with Crippen molar-refractivity contribution in [3.8, 4) is 0 Å². The molecule has 20 heavy (non-hydrogen) atoms. The average molecular weight is 299 g/mol. The second-order valence-electron chi connectivity index (χ2n) is 7.63. The summed E-state index contributed by atoms with van der Waals surface area (Å²) in [6.45, 7) is 14.3. The van der Waals surface area contributed by atoms with E-state index in [1.165, 1.54) is 0 Å². The lowest BCUT2D eigenvalue weighted by molar-refractivity contribution is -0.122. The Labute approximate surface area is 127 Å². The number of amidine groups is 1. The van der Waals surface area contributed by atoms with Gasteiger partial charge >= 0.3 is 0 Å². The third kappa shape index (κ3) is 7.78. The molecular formula is C15H29N3OS. The highest BCUT2D eigenvalue weighted by molar-refractivity contribution is 8.14. The fraction of sp³-hybridized carbons (Fsp3) is 0.867. The van der Waals surface area contributed by atoms with E-state index in [1.54, 1.807) is 0 Å². The van der Waals surface area contributed by atoms with E-state index >= 15 is 0 Å². The van der Waals surface area contributed by atoms with Gasteiger partial charge in [-0.25, -0.2) is 0 Å². The SMILES string of the molecule is CC(C)(C)CC1CN=C(NCCC(=O)NC(C)(C)C)S1. The Morgan fingerprint density at radius 2 is 1.95 bits per heavy atom. The molecule has 1 amide bonds. The van der Waals surface area contributed by atoms with E-state index in [2.05, 4.69) is 36.4 Å². The van der Waals surface area contributed by atoms with Gasteiger partial charge in [-0.15, -0.1) is 0 Å². The number of carbonyl (C=O) groups is 1. The number of thioether (sulfide) groups is 1. The van der Waals surface area contributed by atoms with Crippen molar-refractivity contribution in [2.24, 2.45) is 10.4 Å². The Kier molecular flexibility index (Phi) is 5.92. The van der Waals surface area contributed by atoms with Crippen molar-refractivity contribution in [2.45, 2.75) is 65.2 Å². The maximum atomic E-state index is 11.7. The largest absolute Gasteiger partial charge is 0.364 e. The van der Waals surface area contributed by atoms with Crippen LogP contribution in [0.5, 0.6) is 0 Å². The van der Waals surface area contributed by atoms with Crippen molar-refractivity contribution in [3.63, 3.8) is 0 Å². The summed E-state index contributed by atoms with van der Waals surface area (Å²) in [5, 5.41) is 7.78. The number of aliphatic imine (C=N–C) groups is 1. The number of nitrogens with zero attached hydrogens (tertiary/aromatic N) is 1. The molecule has 0 saturated heterocycles. The van der Waals surface area contributed by atoms with Gasteiger partial charge in [0.05, 0.1) is 6.54 Å². The number of carbonyl (C=O) groups excluding carboxylic acids is 1. The van der Waals surface area contributed by atoms with E-state index in [4.69, 9.17) is 0 Å². The van der Waals surface area contributed by atoms with E-state index in [0.29, 0.717) is 23.6 Å². The molecule has 1 aliphatic heterocycles. The molecule has 1 atom stereocenters. The molecule has 0 fully saturated rings. The molecule has 1 unspecified atom stereocenters. The van der Waals surface area contributed by atoms with Crippen molar-refractivity contribution in [1.29, 1.82) is 0 Å². The van der Waals surface area contributed by atoms with E-state index in [0.717, 1.165) is 18.1 Å². The number of amides is 1. The highest BCUT2D eigenvalue weighted by Gasteiger charge is 2.24. The van der Waals surface area contributed by atoms with E-state index in [-0.39, 0.29) is 11.4 Å². The molecule has 0 aliphatic carbocycles. The van der Waals surface area contributed by atoms with Gasteiger partial charge in [-0.05, 0) is 32.6 Å². The van der Waals surface area contributed by atoms with E-state index in [1.807, 2.05) is 32.5 Å². The van der Waals surface area contributed by atoms with E-state index in [9.17, 15) is 4.79 Å². The molecule has 0 saturated carbocycles. The molecule has 0 spiro atoms. The topological polar surface area (TPSA) is 53.5 Å². The van der Waals surface area contributed by atoms with Crippen molar-refractivity contribution in [3.05, 3.63) is 0 Å². The number of rotatable bonds is 4. The van der Waals surface area contributed by atoms with Crippen LogP contribution in [-0.4, -0.2) is 35.0 Å². The maximum Gasteiger partial charge on any atom is 0.222 e. The lowest BCUT2D eigenvalue weighted by atomic mass is 9.90. The van der Waals surface area contributed by atoms with Crippen molar-refractivity contribution < 1.29 is 4.79 Å². The summed E-state index contributed by atoms with van der Waals surface area (Å²) in [5.41, 5.74) is 0.184. The van der Waals surface area contributed by atoms with Crippen LogP contribution in [0, 0.1) is 5.41 Å². The highest BCUT2D eigenvalue weighted by atomic mass is 32.2. The minimum Gasteiger partial charge on any atom is -0.364 e. The Balaban J connectivity index is 2.20. The summed E-state index contributed by atoms with van der Waals surface area (Å²) in [5.74, 6) is 0.0832. The van der Waals surface area contributed by atoms with Gasteiger partial charge in [0.15, 0.2) is 5.17 Å². The Hall–Kier alpha value is -0.710. The summed E-state index contributed by atoms with van der Waals surface area (Å²) in [6, 6.07) is 0. The van der Waals surface area contributed by atoms with Crippen LogP contribution in [0.4, 0.5) is 0 Å². The predicted octanol–water partition coefficient (Wildman–Crippen LogP) is 2.79. The summed E-state index contributed by atoms with van der Waals surface area (Å²) in [4.78, 5) is 16.2. The standard InChI is InChI=1S/C15H29N3OS/c1-14(2,3)9-11-10-17-13(20-11)16-8-7-12(19)18-15(4,5)6/h11H,7-10H2,1-6H3,(H,16,17)(H,18,19). The minimum atomic E-state index is -0.158. The Bertz CT molecular complexity index is 366. The first-order valence-electron chi connectivity index (χ1n) is 7.31. The molecule has 2 N–H and O–H groups in total. The first-order valence-corrected chi connectivity index (χ1v) is 8.19. The van der Waals surface area contributed by atoms with Crippen LogP contribution in [-0.2, 0) is 4.79 Å². The second kappa shape index (κ2) is 6.83. The number of hydrogen-bond acceptors (Lipinski definition) is 4. The molecule has 116 valence electrons. The fourth-order valence-corrected chi connectivity index (χ4v) is 3.45. The monoisotopic (exact) mass is 299 g/mol. The maximum absolute atomic E-state index is 11.7. The molecule has 0 bridgehead atoms. The predicted molar refractivity (Wildman–Crippen MR) is 88.3 cm³/mol. The second-order valence-corrected chi connectivity index (χ2v) is 8.91. The van der Waals surface area contributed by atoms with Gasteiger partial charge in [0.1, 0.15) is 0 Å². The van der Waals surface area contributed by atoms with Gasteiger partial charge in [0, 0.05) is 23.8 Å². The van der Waals surface area contributed by atoms with Gasteiger partial charge < -0.3 is 10.6 Å². The normalized spacial score (nSPS) is 19.7. The third-order valence-electron chi connectivity index (χ3n) is 2.70. The lowest BCUT2D eigenvalue weighted by Gasteiger charge is -2.21. The number of nitrogens with one attached hydrogen (secondary N) is 2. The van der Waals surface area contributed by atoms with Crippen LogP contribution in [0.1, 0.15) is 54.4 Å². The average Bonchev–Trinajstić information content (AvgIpc) is 2.59. The van der Waals surface area contributed by atoms with Crippen LogP contribution in [0.15, 0.2) is 4.99 Å². The van der Waals surface area contributed by atoms with Crippen LogP contribution >= 0.6 is 11.8 Å². The zero-order chi connectivity index (χ0) is 15.4. The molecule has 1 rings (SSSR count). The van der Waals surface area contributed by atoms with Crippen molar-refractivity contribution in [1.82, 2.24) is 10.6 Å². The first kappa shape index (κ1) is 17.3. The smallest absolute Gasteiger partial charge is 0.222 e. The molecule has 1 heterocycles. The third-order valence-corrected chi connectivity index (χ3v) is 3.85. The zero-order valence-electron chi connectivity index (χ0n) is 13.7. The van der Waals surface area contributed by atoms with Gasteiger partial charge in [0.25, 0.3) is 0 Å². The molecule has 0 aromatic carbocycles. The summed E-state index contributed by atoms with van der Waals surface area (Å²) in [6.07, 6.45) is 1.65. The molecule has 0 radical (unpaired) electrons. The van der Waals surface area contributed by atoms with Gasteiger partial charge in [0.2, 0.25) is 5.91 Å². The molecule has 4 nitrogen and oxygen atoms in total. The fourth-order valence-electron chi connectivity index (χ4n) is 2.07. The van der Waals surface area contributed by atoms with Crippen LogP contribution in [0.2, 0.25) is 0 Å². The summed E-state index contributed by atoms with van der Waals surface area (Å²) >= 11 is 1.81. The quantitative estimate of drug-likeness (QED) is 0.839. The van der Waals surface area contributed by atoms with Crippen molar-refractivity contribution in [2.75, 3.05) is 13.1 Å². The van der Waals surface area contributed by atoms with Gasteiger partial charge in [-0.3, -0.25) is 9.79 Å². The molecule has 1 aliphatic rings. The first-order chi connectivity index (χ1) is 9.05. The van der Waals surface area contributed by atoms with Gasteiger partial charge in [-0.1, -0.05) is 32.5 Å². The molecule has 5 heteroatoms. The van der Waals surface area contributed by atoms with E-state index < -0.39 is 0 Å².